The second-order valence-corrected chi connectivity index (χ2v) is 8.09. The predicted octanol–water partition coefficient (Wildman–Crippen LogP) is 4.86. The number of carbonyl (C=O) groups is 1. The van der Waals surface area contributed by atoms with Crippen LogP contribution in [0.25, 0.3) is 6.08 Å². The van der Waals surface area contributed by atoms with Gasteiger partial charge in [-0.15, -0.1) is 0 Å². The van der Waals surface area contributed by atoms with Gasteiger partial charge in [-0.2, -0.15) is 0 Å². The van der Waals surface area contributed by atoms with Gasteiger partial charge in [0, 0.05) is 6.61 Å². The van der Waals surface area contributed by atoms with Gasteiger partial charge in [-0.1, -0.05) is 54.3 Å². The van der Waals surface area contributed by atoms with Crippen molar-refractivity contribution < 1.29 is 14.3 Å². The van der Waals surface area contributed by atoms with E-state index in [0.29, 0.717) is 15.8 Å². The molecule has 2 aromatic rings. The van der Waals surface area contributed by atoms with E-state index in [0.717, 1.165) is 36.5 Å². The molecule has 0 aromatic heterocycles. The fraction of sp³-hybridized carbons (Fsp3) is 0.238. The Bertz CT molecular complexity index is 876. The molecule has 2 saturated heterocycles. The van der Waals surface area contributed by atoms with Crippen molar-refractivity contribution in [3.8, 4) is 11.5 Å². The van der Waals surface area contributed by atoms with Crippen LogP contribution in [-0.4, -0.2) is 34.4 Å². The van der Waals surface area contributed by atoms with Gasteiger partial charge in [0.15, 0.2) is 0 Å². The highest BCUT2D eigenvalue weighted by molar-refractivity contribution is 8.26. The third-order valence-corrected chi connectivity index (χ3v) is 5.80. The van der Waals surface area contributed by atoms with E-state index in [1.165, 1.54) is 11.8 Å². The van der Waals surface area contributed by atoms with E-state index in [9.17, 15) is 4.79 Å². The number of rotatable bonds is 5. The van der Waals surface area contributed by atoms with Crippen molar-refractivity contribution in [1.29, 1.82) is 0 Å². The summed E-state index contributed by atoms with van der Waals surface area (Å²) < 4.78 is 12.1. The van der Waals surface area contributed by atoms with Gasteiger partial charge in [-0.05, 0) is 48.7 Å². The summed E-state index contributed by atoms with van der Waals surface area (Å²) in [6.45, 7) is 1.31. The Labute approximate surface area is 168 Å². The van der Waals surface area contributed by atoms with Crippen LogP contribution in [0, 0.1) is 0 Å². The Balaban J connectivity index is 1.49. The molecule has 2 aliphatic rings. The summed E-state index contributed by atoms with van der Waals surface area (Å²) in [7, 11) is 0. The van der Waals surface area contributed by atoms with Crippen molar-refractivity contribution in [2.24, 2.45) is 0 Å². The molecule has 0 N–H and O–H groups in total. The molecule has 2 fully saturated rings. The van der Waals surface area contributed by atoms with Crippen molar-refractivity contribution in [3.05, 3.63) is 65.1 Å². The lowest BCUT2D eigenvalue weighted by molar-refractivity contribution is -0.123. The number of hydrogen-bond donors (Lipinski definition) is 0. The van der Waals surface area contributed by atoms with Crippen LogP contribution < -0.4 is 4.74 Å². The summed E-state index contributed by atoms with van der Waals surface area (Å²) in [6.07, 6.45) is 3.99. The third-order valence-electron chi connectivity index (χ3n) is 4.42. The van der Waals surface area contributed by atoms with E-state index in [-0.39, 0.29) is 12.0 Å². The van der Waals surface area contributed by atoms with Crippen LogP contribution in [-0.2, 0) is 9.53 Å². The molecule has 0 radical (unpaired) electrons. The zero-order chi connectivity index (χ0) is 18.6. The highest BCUT2D eigenvalue weighted by Crippen LogP contribution is 2.34. The fourth-order valence-corrected chi connectivity index (χ4v) is 4.37. The number of ether oxygens (including phenoxy) is 2. The minimum absolute atomic E-state index is 0.0464. The Morgan fingerprint density at radius 2 is 2.00 bits per heavy atom. The fourth-order valence-electron chi connectivity index (χ4n) is 3.09. The number of thiocarbonyl (C=S) groups is 1. The zero-order valence-electron chi connectivity index (χ0n) is 14.7. The average molecular weight is 398 g/mol. The topological polar surface area (TPSA) is 38.8 Å². The van der Waals surface area contributed by atoms with E-state index >= 15 is 0 Å². The summed E-state index contributed by atoms with van der Waals surface area (Å²) >= 11 is 6.75. The number of amides is 1. The lowest BCUT2D eigenvalue weighted by Gasteiger charge is -2.18. The molecule has 4 rings (SSSR count). The second kappa shape index (κ2) is 8.25. The van der Waals surface area contributed by atoms with Crippen LogP contribution in [0.3, 0.4) is 0 Å². The average Bonchev–Trinajstić information content (AvgIpc) is 3.27. The van der Waals surface area contributed by atoms with Gasteiger partial charge in [0.05, 0.1) is 17.6 Å². The van der Waals surface area contributed by atoms with Crippen molar-refractivity contribution in [1.82, 2.24) is 4.90 Å². The number of para-hydroxylation sites is 1. The molecule has 0 spiro atoms. The van der Waals surface area contributed by atoms with E-state index < -0.39 is 0 Å². The summed E-state index contributed by atoms with van der Waals surface area (Å²) in [4.78, 5) is 15.0. The zero-order valence-corrected chi connectivity index (χ0v) is 16.3. The molecule has 2 aliphatic heterocycles. The lowest BCUT2D eigenvalue weighted by Crippen LogP contribution is -2.35. The minimum Gasteiger partial charge on any atom is -0.457 e. The molecule has 0 bridgehead atoms. The Kier molecular flexibility index (Phi) is 5.57. The summed E-state index contributed by atoms with van der Waals surface area (Å²) in [6, 6.07) is 17.3. The SMILES string of the molecule is O=C1/C(=C/c2cccc(Oc3ccccc3)c2)SC(=S)N1C[C@@H]1CCCO1. The lowest BCUT2D eigenvalue weighted by atomic mass is 10.2. The Hall–Kier alpha value is -2.15. The first kappa shape index (κ1) is 18.2. The van der Waals surface area contributed by atoms with Crippen LogP contribution >= 0.6 is 24.0 Å². The first-order valence-corrected chi connectivity index (χ1v) is 10.1. The van der Waals surface area contributed by atoms with E-state index in [4.69, 9.17) is 21.7 Å². The number of hydrogen-bond acceptors (Lipinski definition) is 5. The van der Waals surface area contributed by atoms with E-state index in [1.54, 1.807) is 4.90 Å². The third kappa shape index (κ3) is 4.40. The van der Waals surface area contributed by atoms with Gasteiger partial charge < -0.3 is 9.47 Å². The molecule has 138 valence electrons. The van der Waals surface area contributed by atoms with E-state index in [1.807, 2.05) is 60.7 Å². The molecule has 0 saturated carbocycles. The first-order valence-electron chi connectivity index (χ1n) is 8.89. The van der Waals surface area contributed by atoms with Gasteiger partial charge in [0.25, 0.3) is 5.91 Å². The van der Waals surface area contributed by atoms with Gasteiger partial charge in [-0.25, -0.2) is 0 Å². The molecule has 0 unspecified atom stereocenters. The monoisotopic (exact) mass is 397 g/mol. The Morgan fingerprint density at radius 1 is 1.19 bits per heavy atom. The summed E-state index contributed by atoms with van der Waals surface area (Å²) in [5.74, 6) is 1.46. The van der Waals surface area contributed by atoms with Crippen LogP contribution in [0.5, 0.6) is 11.5 Å². The quantitative estimate of drug-likeness (QED) is 0.532. The maximum absolute atomic E-state index is 12.7. The van der Waals surface area contributed by atoms with Gasteiger partial charge in [0.2, 0.25) is 0 Å². The molecular formula is C21H19NO3S2. The van der Waals surface area contributed by atoms with Gasteiger partial charge in [-0.3, -0.25) is 9.69 Å². The Morgan fingerprint density at radius 3 is 2.78 bits per heavy atom. The summed E-state index contributed by atoms with van der Waals surface area (Å²) in [5, 5.41) is 0. The molecular weight excluding hydrogens is 378 g/mol. The number of benzene rings is 2. The molecule has 6 heteroatoms. The highest BCUT2D eigenvalue weighted by atomic mass is 32.2. The van der Waals surface area contributed by atoms with Crippen molar-refractivity contribution in [2.45, 2.75) is 18.9 Å². The highest BCUT2D eigenvalue weighted by Gasteiger charge is 2.34. The van der Waals surface area contributed by atoms with Gasteiger partial charge >= 0.3 is 0 Å². The summed E-state index contributed by atoms with van der Waals surface area (Å²) in [5.41, 5.74) is 0.904. The smallest absolute Gasteiger partial charge is 0.266 e. The molecule has 0 aliphatic carbocycles. The molecule has 27 heavy (non-hydrogen) atoms. The number of nitrogens with zero attached hydrogens (tertiary/aromatic N) is 1. The van der Waals surface area contributed by atoms with Gasteiger partial charge in [0.1, 0.15) is 15.8 Å². The van der Waals surface area contributed by atoms with Crippen molar-refractivity contribution in [2.75, 3.05) is 13.2 Å². The first-order chi connectivity index (χ1) is 13.2. The number of carbonyl (C=O) groups excluding carboxylic acids is 1. The van der Waals surface area contributed by atoms with Crippen LogP contribution in [0.1, 0.15) is 18.4 Å². The molecule has 1 atom stereocenters. The largest absolute Gasteiger partial charge is 0.457 e. The van der Waals surface area contributed by atoms with E-state index in [2.05, 4.69) is 0 Å². The molecule has 4 nitrogen and oxygen atoms in total. The molecule has 2 aromatic carbocycles. The maximum atomic E-state index is 12.7. The predicted molar refractivity (Wildman–Crippen MR) is 112 cm³/mol. The van der Waals surface area contributed by atoms with Crippen LogP contribution in [0.4, 0.5) is 0 Å². The number of thioether (sulfide) groups is 1. The minimum atomic E-state index is -0.0464. The standard InChI is InChI=1S/C21H19NO3S2/c23-20-19(27-21(26)22(20)14-18-10-5-11-24-18)13-15-6-4-9-17(12-15)25-16-7-2-1-3-8-16/h1-4,6-9,12-13,18H,5,10-11,14H2/b19-13-/t18-/m0/s1. The van der Waals surface area contributed by atoms with Crippen LogP contribution in [0.2, 0.25) is 0 Å². The normalized spacial score (nSPS) is 21.3. The second-order valence-electron chi connectivity index (χ2n) is 6.41. The molecule has 2 heterocycles. The van der Waals surface area contributed by atoms with Crippen molar-refractivity contribution in [3.63, 3.8) is 0 Å². The van der Waals surface area contributed by atoms with Crippen molar-refractivity contribution >= 4 is 40.3 Å². The van der Waals surface area contributed by atoms with Crippen LogP contribution in [0.15, 0.2) is 59.5 Å². The maximum Gasteiger partial charge on any atom is 0.266 e. The molecule has 1 amide bonds.